The Hall–Kier alpha value is -2.27. The molecule has 5 nitrogen and oxygen atoms in total. The van der Waals surface area contributed by atoms with E-state index in [-0.39, 0.29) is 18.6 Å². The molecular formula is C19H24N2O3. The number of carbonyl (C=O) groups excluding carboxylic acids is 1. The van der Waals surface area contributed by atoms with E-state index in [1.807, 2.05) is 43.3 Å². The first kappa shape index (κ1) is 16.6. The highest BCUT2D eigenvalue weighted by Gasteiger charge is 2.25. The molecule has 0 bridgehead atoms. The fraction of sp³-hybridized carbons (Fsp3) is 0.421. The number of nitrogens with zero attached hydrogens (tertiary/aromatic N) is 1. The predicted molar refractivity (Wildman–Crippen MR) is 91.9 cm³/mol. The van der Waals surface area contributed by atoms with Crippen LogP contribution < -0.4 is 10.1 Å². The SMILES string of the molecule is Cc1ccc(OCC(=O)NC[C@@H](c2ccco2)N2CCCC2)cc1. The smallest absolute Gasteiger partial charge is 0.258 e. The van der Waals surface area contributed by atoms with E-state index in [1.54, 1.807) is 6.26 Å². The van der Waals surface area contributed by atoms with Crippen LogP contribution in [0.1, 0.15) is 30.2 Å². The molecule has 0 saturated carbocycles. The van der Waals surface area contributed by atoms with Gasteiger partial charge in [0.05, 0.1) is 12.3 Å². The van der Waals surface area contributed by atoms with Gasteiger partial charge in [-0.25, -0.2) is 0 Å². The molecule has 1 aliphatic rings. The lowest BCUT2D eigenvalue weighted by Gasteiger charge is -2.26. The van der Waals surface area contributed by atoms with Gasteiger partial charge in [0.2, 0.25) is 0 Å². The molecule has 1 amide bonds. The van der Waals surface area contributed by atoms with E-state index in [0.717, 1.165) is 18.8 Å². The molecule has 5 heteroatoms. The summed E-state index contributed by atoms with van der Waals surface area (Å²) in [5.41, 5.74) is 1.17. The maximum atomic E-state index is 12.1. The summed E-state index contributed by atoms with van der Waals surface area (Å²) in [5.74, 6) is 1.49. The average Bonchev–Trinajstić information content (AvgIpc) is 3.29. The summed E-state index contributed by atoms with van der Waals surface area (Å²) in [6.45, 7) is 4.66. The number of likely N-dealkylation sites (tertiary alicyclic amines) is 1. The fourth-order valence-corrected chi connectivity index (χ4v) is 2.99. The van der Waals surface area contributed by atoms with Crippen molar-refractivity contribution < 1.29 is 13.9 Å². The summed E-state index contributed by atoms with van der Waals surface area (Å²) >= 11 is 0. The maximum Gasteiger partial charge on any atom is 0.258 e. The number of aryl methyl sites for hydroxylation is 1. The Kier molecular flexibility index (Phi) is 5.54. The molecule has 1 aromatic carbocycles. The quantitative estimate of drug-likeness (QED) is 0.849. The molecular weight excluding hydrogens is 304 g/mol. The monoisotopic (exact) mass is 328 g/mol. The standard InChI is InChI=1S/C19H24N2O3/c1-15-6-8-16(9-7-15)24-14-19(22)20-13-17(18-5-4-12-23-18)21-10-2-3-11-21/h4-9,12,17H,2-3,10-11,13-14H2,1H3,(H,20,22)/t17-/m0/s1. The molecule has 0 radical (unpaired) electrons. The van der Waals surface area contributed by atoms with E-state index in [4.69, 9.17) is 9.15 Å². The number of hydrogen-bond acceptors (Lipinski definition) is 4. The second-order valence-corrected chi connectivity index (χ2v) is 6.18. The normalized spacial score (nSPS) is 16.0. The topological polar surface area (TPSA) is 54.7 Å². The van der Waals surface area contributed by atoms with Crippen molar-refractivity contribution in [3.05, 3.63) is 54.0 Å². The molecule has 0 spiro atoms. The Morgan fingerprint density at radius 2 is 2.00 bits per heavy atom. The first-order valence-electron chi connectivity index (χ1n) is 8.46. The van der Waals surface area contributed by atoms with Crippen molar-refractivity contribution in [2.75, 3.05) is 26.2 Å². The van der Waals surface area contributed by atoms with Crippen LogP contribution in [-0.2, 0) is 4.79 Å². The third-order valence-electron chi connectivity index (χ3n) is 4.34. The highest BCUT2D eigenvalue weighted by Crippen LogP contribution is 2.24. The number of nitrogens with one attached hydrogen (secondary N) is 1. The Morgan fingerprint density at radius 1 is 1.25 bits per heavy atom. The molecule has 3 rings (SSSR count). The van der Waals surface area contributed by atoms with Crippen LogP contribution in [0.25, 0.3) is 0 Å². The molecule has 24 heavy (non-hydrogen) atoms. The van der Waals surface area contributed by atoms with Crippen LogP contribution in [-0.4, -0.2) is 37.0 Å². The molecule has 0 aliphatic carbocycles. The van der Waals surface area contributed by atoms with E-state index in [9.17, 15) is 4.79 Å². The lowest BCUT2D eigenvalue weighted by atomic mass is 10.2. The minimum absolute atomic E-state index is 0.0218. The van der Waals surface area contributed by atoms with Crippen molar-refractivity contribution in [2.45, 2.75) is 25.8 Å². The number of benzene rings is 1. The summed E-state index contributed by atoms with van der Waals surface area (Å²) in [5, 5.41) is 2.96. The minimum Gasteiger partial charge on any atom is -0.484 e. The Morgan fingerprint density at radius 3 is 2.67 bits per heavy atom. The molecule has 1 aromatic heterocycles. The summed E-state index contributed by atoms with van der Waals surface area (Å²) < 4.78 is 11.1. The lowest BCUT2D eigenvalue weighted by molar-refractivity contribution is -0.123. The van der Waals surface area contributed by atoms with Gasteiger partial charge in [0, 0.05) is 6.54 Å². The van der Waals surface area contributed by atoms with E-state index in [0.29, 0.717) is 12.3 Å². The van der Waals surface area contributed by atoms with Crippen molar-refractivity contribution in [3.8, 4) is 5.75 Å². The Bertz CT molecular complexity index is 631. The van der Waals surface area contributed by atoms with Crippen molar-refractivity contribution in [1.29, 1.82) is 0 Å². The van der Waals surface area contributed by atoms with Crippen molar-refractivity contribution >= 4 is 5.91 Å². The summed E-state index contributed by atoms with van der Waals surface area (Å²) in [6.07, 6.45) is 4.07. The van der Waals surface area contributed by atoms with Gasteiger partial charge >= 0.3 is 0 Å². The second-order valence-electron chi connectivity index (χ2n) is 6.18. The third kappa shape index (κ3) is 4.38. The molecule has 1 saturated heterocycles. The van der Waals surface area contributed by atoms with Gasteiger partial charge in [-0.2, -0.15) is 0 Å². The number of amides is 1. The molecule has 128 valence electrons. The van der Waals surface area contributed by atoms with Crippen molar-refractivity contribution in [2.24, 2.45) is 0 Å². The number of ether oxygens (including phenoxy) is 1. The predicted octanol–water partition coefficient (Wildman–Crippen LogP) is 2.92. The number of rotatable bonds is 7. The summed E-state index contributed by atoms with van der Waals surface area (Å²) in [6, 6.07) is 11.6. The number of hydrogen-bond donors (Lipinski definition) is 1. The molecule has 1 atom stereocenters. The summed E-state index contributed by atoms with van der Waals surface area (Å²) in [7, 11) is 0. The summed E-state index contributed by atoms with van der Waals surface area (Å²) in [4.78, 5) is 14.4. The Labute approximate surface area is 142 Å². The van der Waals surface area contributed by atoms with Crippen LogP contribution in [0, 0.1) is 6.92 Å². The van der Waals surface area contributed by atoms with E-state index < -0.39 is 0 Å². The Balaban J connectivity index is 1.50. The van der Waals surface area contributed by atoms with E-state index in [1.165, 1.54) is 18.4 Å². The van der Waals surface area contributed by atoms with Gasteiger partial charge in [0.1, 0.15) is 11.5 Å². The van der Waals surface area contributed by atoms with Crippen LogP contribution in [0.15, 0.2) is 47.1 Å². The molecule has 2 heterocycles. The van der Waals surface area contributed by atoms with Crippen molar-refractivity contribution in [3.63, 3.8) is 0 Å². The number of carbonyl (C=O) groups is 1. The first-order valence-corrected chi connectivity index (χ1v) is 8.46. The molecule has 2 aromatic rings. The van der Waals surface area contributed by atoms with Gasteiger partial charge in [-0.15, -0.1) is 0 Å². The number of furan rings is 1. The van der Waals surface area contributed by atoms with Crippen LogP contribution >= 0.6 is 0 Å². The molecule has 0 unspecified atom stereocenters. The molecule has 1 N–H and O–H groups in total. The van der Waals surface area contributed by atoms with E-state index in [2.05, 4.69) is 10.2 Å². The van der Waals surface area contributed by atoms with Crippen LogP contribution in [0.4, 0.5) is 0 Å². The highest BCUT2D eigenvalue weighted by molar-refractivity contribution is 5.77. The van der Waals surface area contributed by atoms with Gasteiger partial charge in [-0.05, 0) is 57.1 Å². The fourth-order valence-electron chi connectivity index (χ4n) is 2.99. The third-order valence-corrected chi connectivity index (χ3v) is 4.34. The van der Waals surface area contributed by atoms with Crippen LogP contribution in [0.3, 0.4) is 0 Å². The zero-order valence-electron chi connectivity index (χ0n) is 14.0. The van der Waals surface area contributed by atoms with Gasteiger partial charge < -0.3 is 14.5 Å². The van der Waals surface area contributed by atoms with Gasteiger partial charge in [0.15, 0.2) is 6.61 Å². The zero-order valence-corrected chi connectivity index (χ0v) is 14.0. The first-order chi connectivity index (χ1) is 11.7. The maximum absolute atomic E-state index is 12.1. The minimum atomic E-state index is -0.119. The second kappa shape index (κ2) is 8.02. The average molecular weight is 328 g/mol. The highest BCUT2D eigenvalue weighted by atomic mass is 16.5. The van der Waals surface area contributed by atoms with Crippen molar-refractivity contribution in [1.82, 2.24) is 10.2 Å². The largest absolute Gasteiger partial charge is 0.484 e. The molecule has 1 fully saturated rings. The molecule has 1 aliphatic heterocycles. The van der Waals surface area contributed by atoms with E-state index >= 15 is 0 Å². The van der Waals surface area contributed by atoms with Crippen LogP contribution in [0.2, 0.25) is 0 Å². The van der Waals surface area contributed by atoms with Gasteiger partial charge in [-0.1, -0.05) is 17.7 Å². The van der Waals surface area contributed by atoms with Crippen LogP contribution in [0.5, 0.6) is 5.75 Å². The van der Waals surface area contributed by atoms with Gasteiger partial charge in [-0.3, -0.25) is 9.69 Å². The lowest BCUT2D eigenvalue weighted by Crippen LogP contribution is -2.38. The van der Waals surface area contributed by atoms with Gasteiger partial charge in [0.25, 0.3) is 5.91 Å². The zero-order chi connectivity index (χ0) is 16.8.